The highest BCUT2D eigenvalue weighted by Crippen LogP contribution is 2.25. The quantitative estimate of drug-likeness (QED) is 0.912. The molecule has 3 rings (SSSR count). The zero-order chi connectivity index (χ0) is 14.0. The molecule has 1 aliphatic heterocycles. The number of rotatable bonds is 2. The Kier molecular flexibility index (Phi) is 3.69. The molecule has 1 aliphatic rings. The van der Waals surface area contributed by atoms with E-state index >= 15 is 0 Å². The van der Waals surface area contributed by atoms with Crippen molar-refractivity contribution in [2.45, 2.75) is 17.7 Å². The molecule has 1 N–H and O–H groups in total. The number of hydrogen-bond acceptors (Lipinski definition) is 4. The summed E-state index contributed by atoms with van der Waals surface area (Å²) in [5.41, 5.74) is 0. The van der Waals surface area contributed by atoms with Crippen LogP contribution in [-0.2, 0) is 10.0 Å². The Bertz CT molecular complexity index is 702. The van der Waals surface area contributed by atoms with E-state index in [1.807, 2.05) is 6.07 Å². The fourth-order valence-corrected chi connectivity index (χ4v) is 4.11. The topological polar surface area (TPSA) is 62.3 Å². The summed E-state index contributed by atoms with van der Waals surface area (Å²) in [4.78, 5) is 4.40. The Labute approximate surface area is 118 Å². The second-order valence-corrected chi connectivity index (χ2v) is 6.81. The Balaban J connectivity index is 2.09. The van der Waals surface area contributed by atoms with Crippen molar-refractivity contribution in [3.05, 3.63) is 36.7 Å². The molecule has 1 aromatic heterocycles. The van der Waals surface area contributed by atoms with Gasteiger partial charge in [-0.1, -0.05) is 12.1 Å². The van der Waals surface area contributed by atoms with E-state index in [1.165, 1.54) is 4.31 Å². The maximum Gasteiger partial charge on any atom is 0.244 e. The first-order chi connectivity index (χ1) is 9.69. The predicted molar refractivity (Wildman–Crippen MR) is 77.7 cm³/mol. The van der Waals surface area contributed by atoms with Gasteiger partial charge in [0.05, 0.1) is 11.6 Å². The zero-order valence-corrected chi connectivity index (χ0v) is 11.9. The maximum atomic E-state index is 12.8. The van der Waals surface area contributed by atoms with Gasteiger partial charge in [-0.3, -0.25) is 4.98 Å². The molecule has 2 heterocycles. The minimum atomic E-state index is -3.47. The third-order valence-corrected chi connectivity index (χ3v) is 5.46. The standard InChI is InChI=1S/C14H17N3O2S/c18-20(19,17-9-2-1-7-16-11-17)14-5-3-4-12-10-15-8-6-13(12)14/h3-6,8,10,16H,1-2,7,9,11H2. The van der Waals surface area contributed by atoms with Crippen molar-refractivity contribution in [3.63, 3.8) is 0 Å². The van der Waals surface area contributed by atoms with Gasteiger partial charge in [0.2, 0.25) is 10.0 Å². The van der Waals surface area contributed by atoms with Crippen LogP contribution in [0.1, 0.15) is 12.8 Å². The molecule has 0 aliphatic carbocycles. The summed E-state index contributed by atoms with van der Waals surface area (Å²) >= 11 is 0. The number of nitrogens with one attached hydrogen (secondary N) is 1. The van der Waals surface area contributed by atoms with Gasteiger partial charge in [0.15, 0.2) is 0 Å². The van der Waals surface area contributed by atoms with Crippen LogP contribution in [0.5, 0.6) is 0 Å². The van der Waals surface area contributed by atoms with E-state index in [1.54, 1.807) is 30.6 Å². The van der Waals surface area contributed by atoms with Crippen LogP contribution in [0.15, 0.2) is 41.6 Å². The number of pyridine rings is 1. The summed E-state index contributed by atoms with van der Waals surface area (Å²) in [7, 11) is -3.47. The fourth-order valence-electron chi connectivity index (χ4n) is 2.48. The van der Waals surface area contributed by atoms with Gasteiger partial charge in [-0.2, -0.15) is 4.31 Å². The Morgan fingerprint density at radius 3 is 3.00 bits per heavy atom. The lowest BCUT2D eigenvalue weighted by molar-refractivity contribution is 0.408. The van der Waals surface area contributed by atoms with Gasteiger partial charge in [-0.25, -0.2) is 8.42 Å². The van der Waals surface area contributed by atoms with E-state index in [-0.39, 0.29) is 0 Å². The van der Waals surface area contributed by atoms with Crippen molar-refractivity contribution < 1.29 is 8.42 Å². The Morgan fingerprint density at radius 2 is 2.10 bits per heavy atom. The highest BCUT2D eigenvalue weighted by Gasteiger charge is 2.26. The van der Waals surface area contributed by atoms with Crippen LogP contribution in [0.3, 0.4) is 0 Å². The number of nitrogens with zero attached hydrogens (tertiary/aromatic N) is 2. The van der Waals surface area contributed by atoms with Crippen LogP contribution in [-0.4, -0.2) is 37.5 Å². The lowest BCUT2D eigenvalue weighted by Gasteiger charge is -2.20. The van der Waals surface area contributed by atoms with Crippen LogP contribution in [0.4, 0.5) is 0 Å². The van der Waals surface area contributed by atoms with Crippen LogP contribution in [0.2, 0.25) is 0 Å². The lowest BCUT2D eigenvalue weighted by atomic mass is 10.2. The minimum Gasteiger partial charge on any atom is -0.303 e. The molecular formula is C14H17N3O2S. The summed E-state index contributed by atoms with van der Waals surface area (Å²) in [6, 6.07) is 7.07. The molecule has 0 spiro atoms. The van der Waals surface area contributed by atoms with Crippen LogP contribution >= 0.6 is 0 Å². The highest BCUT2D eigenvalue weighted by molar-refractivity contribution is 7.89. The van der Waals surface area contributed by atoms with E-state index < -0.39 is 10.0 Å². The second kappa shape index (κ2) is 5.47. The van der Waals surface area contributed by atoms with Crippen molar-refractivity contribution in [1.82, 2.24) is 14.6 Å². The van der Waals surface area contributed by atoms with Crippen molar-refractivity contribution in [1.29, 1.82) is 0 Å². The van der Waals surface area contributed by atoms with Gasteiger partial charge in [-0.05, 0) is 31.5 Å². The van der Waals surface area contributed by atoms with Gasteiger partial charge in [0.1, 0.15) is 0 Å². The Morgan fingerprint density at radius 1 is 1.20 bits per heavy atom. The van der Waals surface area contributed by atoms with Crippen molar-refractivity contribution in [2.75, 3.05) is 19.8 Å². The molecule has 1 saturated heterocycles. The average Bonchev–Trinajstić information content (AvgIpc) is 2.76. The van der Waals surface area contributed by atoms with Crippen LogP contribution in [0.25, 0.3) is 10.8 Å². The zero-order valence-electron chi connectivity index (χ0n) is 11.1. The molecule has 2 aromatic rings. The number of benzene rings is 1. The van der Waals surface area contributed by atoms with Crippen LogP contribution < -0.4 is 5.32 Å². The van der Waals surface area contributed by atoms with Crippen molar-refractivity contribution in [3.8, 4) is 0 Å². The maximum absolute atomic E-state index is 12.8. The average molecular weight is 291 g/mol. The van der Waals surface area contributed by atoms with Gasteiger partial charge >= 0.3 is 0 Å². The molecule has 1 aromatic carbocycles. The molecule has 20 heavy (non-hydrogen) atoms. The van der Waals surface area contributed by atoms with Gasteiger partial charge in [-0.15, -0.1) is 0 Å². The van der Waals surface area contributed by atoms with E-state index in [0.717, 1.165) is 30.2 Å². The first-order valence-corrected chi connectivity index (χ1v) is 8.17. The smallest absolute Gasteiger partial charge is 0.244 e. The molecule has 0 unspecified atom stereocenters. The van der Waals surface area contributed by atoms with Crippen molar-refractivity contribution >= 4 is 20.8 Å². The summed E-state index contributed by atoms with van der Waals surface area (Å²) in [6.45, 7) is 1.81. The van der Waals surface area contributed by atoms with Gasteiger partial charge < -0.3 is 5.32 Å². The number of sulfonamides is 1. The number of hydrogen-bond donors (Lipinski definition) is 1. The summed E-state index contributed by atoms with van der Waals surface area (Å²) < 4.78 is 27.2. The van der Waals surface area contributed by atoms with E-state index in [0.29, 0.717) is 18.1 Å². The van der Waals surface area contributed by atoms with Crippen LogP contribution in [0, 0.1) is 0 Å². The van der Waals surface area contributed by atoms with Crippen molar-refractivity contribution in [2.24, 2.45) is 0 Å². The first kappa shape index (κ1) is 13.5. The molecule has 1 fully saturated rings. The first-order valence-electron chi connectivity index (χ1n) is 6.73. The molecule has 6 heteroatoms. The van der Waals surface area contributed by atoms with E-state index in [4.69, 9.17) is 0 Å². The van der Waals surface area contributed by atoms with Gasteiger partial charge in [0.25, 0.3) is 0 Å². The molecule has 0 amide bonds. The highest BCUT2D eigenvalue weighted by atomic mass is 32.2. The summed E-state index contributed by atoms with van der Waals surface area (Å²) in [5.74, 6) is 0. The van der Waals surface area contributed by atoms with E-state index in [2.05, 4.69) is 10.3 Å². The normalized spacial score (nSPS) is 18.0. The minimum absolute atomic E-state index is 0.362. The molecular weight excluding hydrogens is 274 g/mol. The molecule has 0 radical (unpaired) electrons. The third kappa shape index (κ3) is 2.42. The van der Waals surface area contributed by atoms with E-state index in [9.17, 15) is 8.42 Å². The molecule has 0 bridgehead atoms. The second-order valence-electron chi connectivity index (χ2n) is 4.90. The van der Waals surface area contributed by atoms with Gasteiger partial charge in [0, 0.05) is 29.7 Å². The largest absolute Gasteiger partial charge is 0.303 e. The molecule has 5 nitrogen and oxygen atoms in total. The third-order valence-electron chi connectivity index (χ3n) is 3.56. The molecule has 0 atom stereocenters. The number of fused-ring (bicyclic) bond motifs is 1. The predicted octanol–water partition coefficient (Wildman–Crippen LogP) is 1.57. The summed E-state index contributed by atoms with van der Waals surface area (Å²) in [5, 5.41) is 4.73. The fraction of sp³-hybridized carbons (Fsp3) is 0.357. The summed E-state index contributed by atoms with van der Waals surface area (Å²) in [6.07, 6.45) is 5.21. The SMILES string of the molecule is O=S(=O)(c1cccc2cnccc12)N1CCCCNC1. The lowest BCUT2D eigenvalue weighted by Crippen LogP contribution is -2.37. The molecule has 0 saturated carbocycles. The molecule has 106 valence electrons. The Hall–Kier alpha value is -1.50. The monoisotopic (exact) mass is 291 g/mol. The number of aromatic nitrogens is 1.